The summed E-state index contributed by atoms with van der Waals surface area (Å²) in [6.45, 7) is 4.14. The van der Waals surface area contributed by atoms with E-state index in [1.54, 1.807) is 9.13 Å². The van der Waals surface area contributed by atoms with Crippen molar-refractivity contribution in [3.63, 3.8) is 0 Å². The van der Waals surface area contributed by atoms with Crippen molar-refractivity contribution in [1.82, 2.24) is 29.5 Å². The zero-order chi connectivity index (χ0) is 36.5. The number of aryl methyl sites for hydroxylation is 2. The second kappa shape index (κ2) is 17.3. The Morgan fingerprint density at radius 3 is 1.29 bits per heavy atom. The molecule has 0 aliphatic heterocycles. The highest BCUT2D eigenvalue weighted by atomic mass is 32.2. The fraction of sp³-hybridized carbons (Fsp3) is 0.211. The number of carbonyl (C=O) groups excluding carboxylic acids is 2. The summed E-state index contributed by atoms with van der Waals surface area (Å²) in [5.41, 5.74) is 4.98. The highest BCUT2D eigenvalue weighted by molar-refractivity contribution is 8.00. The average Bonchev–Trinajstić information content (AvgIpc) is 3.82. The number of nitrogens with zero attached hydrogens (tertiary/aromatic N) is 6. The van der Waals surface area contributed by atoms with Gasteiger partial charge in [-0.1, -0.05) is 98.0 Å². The Bertz CT molecular complexity index is 1940. The molecule has 0 bridgehead atoms. The SMILES string of the molecule is CCc1ccc(NC(=O)CSc2nnc([C@@H](O)[C@H](O)c3nnc(SCC(=O)Nc4ccc(CC)cc4)n3-c3ccccc3)n2-c2ccccc2)cc1. The third-order valence-corrected chi connectivity index (χ3v) is 9.99. The number of nitrogens with one attached hydrogen (secondary N) is 2. The lowest BCUT2D eigenvalue weighted by molar-refractivity contribution is -0.114. The van der Waals surface area contributed by atoms with Gasteiger partial charge in [0.15, 0.2) is 22.0 Å². The van der Waals surface area contributed by atoms with E-state index in [-0.39, 0.29) is 35.0 Å². The first-order valence-electron chi connectivity index (χ1n) is 16.7. The van der Waals surface area contributed by atoms with Gasteiger partial charge in [0.05, 0.1) is 11.5 Å². The maximum Gasteiger partial charge on any atom is 0.234 e. The average molecular weight is 735 g/mol. The number of thioether (sulfide) groups is 2. The van der Waals surface area contributed by atoms with E-state index in [9.17, 15) is 19.8 Å². The van der Waals surface area contributed by atoms with Crippen LogP contribution in [0.4, 0.5) is 11.4 Å². The number of amides is 2. The normalized spacial score (nSPS) is 12.3. The van der Waals surface area contributed by atoms with E-state index in [1.165, 1.54) is 11.1 Å². The Kier molecular flexibility index (Phi) is 12.1. The monoisotopic (exact) mass is 734 g/mol. The van der Waals surface area contributed by atoms with Gasteiger partial charge in [-0.2, -0.15) is 0 Å². The molecule has 2 atom stereocenters. The molecule has 0 saturated heterocycles. The van der Waals surface area contributed by atoms with Crippen LogP contribution in [-0.2, 0) is 22.4 Å². The number of aliphatic hydroxyl groups excluding tert-OH is 2. The van der Waals surface area contributed by atoms with Crippen LogP contribution in [0.15, 0.2) is 120 Å². The Labute approximate surface area is 309 Å². The molecule has 4 aromatic carbocycles. The number of rotatable bonds is 15. The van der Waals surface area contributed by atoms with E-state index in [2.05, 4.69) is 44.9 Å². The van der Waals surface area contributed by atoms with Crippen LogP contribution in [0.1, 0.15) is 48.8 Å². The molecule has 0 aliphatic rings. The van der Waals surface area contributed by atoms with Gasteiger partial charge in [-0.3, -0.25) is 18.7 Å². The molecule has 2 aromatic heterocycles. The van der Waals surface area contributed by atoms with Gasteiger partial charge in [0, 0.05) is 22.7 Å². The molecule has 52 heavy (non-hydrogen) atoms. The minimum Gasteiger partial charge on any atom is -0.382 e. The van der Waals surface area contributed by atoms with Crippen LogP contribution in [0.2, 0.25) is 0 Å². The molecule has 6 aromatic rings. The lowest BCUT2D eigenvalue weighted by Crippen LogP contribution is -2.20. The van der Waals surface area contributed by atoms with Crippen molar-refractivity contribution in [1.29, 1.82) is 0 Å². The Balaban J connectivity index is 1.22. The number of carbonyl (C=O) groups is 2. The second-order valence-corrected chi connectivity index (χ2v) is 13.6. The van der Waals surface area contributed by atoms with Crippen molar-refractivity contribution in [2.24, 2.45) is 0 Å². The number of hydrogen-bond acceptors (Lipinski definition) is 10. The van der Waals surface area contributed by atoms with Crippen molar-refractivity contribution >= 4 is 46.7 Å². The summed E-state index contributed by atoms with van der Waals surface area (Å²) in [7, 11) is 0. The fourth-order valence-corrected chi connectivity index (χ4v) is 6.87. The Morgan fingerprint density at radius 2 is 0.942 bits per heavy atom. The van der Waals surface area contributed by atoms with Crippen LogP contribution < -0.4 is 10.6 Å². The molecular weight excluding hydrogens is 697 g/mol. The quantitative estimate of drug-likeness (QED) is 0.0895. The van der Waals surface area contributed by atoms with Crippen molar-refractivity contribution in [3.8, 4) is 11.4 Å². The van der Waals surface area contributed by atoms with E-state index >= 15 is 0 Å². The number of anilines is 2. The van der Waals surface area contributed by atoms with Gasteiger partial charge in [0.25, 0.3) is 0 Å². The van der Waals surface area contributed by atoms with Gasteiger partial charge in [-0.25, -0.2) is 0 Å². The molecule has 6 rings (SSSR count). The first kappa shape index (κ1) is 36.5. The molecule has 12 nitrogen and oxygen atoms in total. The minimum atomic E-state index is -1.60. The van der Waals surface area contributed by atoms with E-state index in [0.717, 1.165) is 36.4 Å². The number of aromatic nitrogens is 6. The molecule has 0 aliphatic carbocycles. The fourth-order valence-electron chi connectivity index (χ4n) is 5.36. The van der Waals surface area contributed by atoms with Crippen LogP contribution in [0.5, 0.6) is 0 Å². The zero-order valence-corrected chi connectivity index (χ0v) is 30.2. The third-order valence-electron chi connectivity index (χ3n) is 8.13. The lowest BCUT2D eigenvalue weighted by Gasteiger charge is -2.20. The van der Waals surface area contributed by atoms with Crippen molar-refractivity contribution < 1.29 is 19.8 Å². The van der Waals surface area contributed by atoms with E-state index in [4.69, 9.17) is 0 Å². The summed E-state index contributed by atoms with van der Waals surface area (Å²) in [4.78, 5) is 25.8. The predicted octanol–water partition coefficient (Wildman–Crippen LogP) is 6.20. The van der Waals surface area contributed by atoms with Crippen LogP contribution >= 0.6 is 23.5 Å². The third kappa shape index (κ3) is 8.77. The molecule has 0 fully saturated rings. The zero-order valence-electron chi connectivity index (χ0n) is 28.6. The number of aliphatic hydroxyl groups is 2. The first-order chi connectivity index (χ1) is 25.3. The van der Waals surface area contributed by atoms with E-state index in [0.29, 0.717) is 33.1 Å². The van der Waals surface area contributed by atoms with E-state index in [1.807, 2.05) is 109 Å². The smallest absolute Gasteiger partial charge is 0.234 e. The number of benzene rings is 4. The van der Waals surface area contributed by atoms with Crippen LogP contribution in [0.3, 0.4) is 0 Å². The molecule has 266 valence electrons. The maximum absolute atomic E-state index is 12.9. The Hall–Kier alpha value is -5.28. The molecule has 4 N–H and O–H groups in total. The highest BCUT2D eigenvalue weighted by Crippen LogP contribution is 2.34. The van der Waals surface area contributed by atoms with Gasteiger partial charge in [0.2, 0.25) is 11.8 Å². The molecule has 14 heteroatoms. The molecular formula is C38H38N8O4S2. The van der Waals surface area contributed by atoms with E-state index < -0.39 is 12.2 Å². The minimum absolute atomic E-state index is 0.0275. The molecule has 0 saturated carbocycles. The topological polar surface area (TPSA) is 160 Å². The van der Waals surface area contributed by atoms with Gasteiger partial charge in [0.1, 0.15) is 12.2 Å². The molecule has 2 heterocycles. The summed E-state index contributed by atoms with van der Waals surface area (Å²) >= 11 is 2.30. The molecule has 0 radical (unpaired) electrons. The van der Waals surface area contributed by atoms with Gasteiger partial charge >= 0.3 is 0 Å². The summed E-state index contributed by atoms with van der Waals surface area (Å²) in [6.07, 6.45) is -1.40. The first-order valence-corrected chi connectivity index (χ1v) is 18.7. The van der Waals surface area contributed by atoms with Crippen LogP contribution in [-0.4, -0.2) is 63.1 Å². The largest absolute Gasteiger partial charge is 0.382 e. The standard InChI is InChI=1S/C38H38N8O4S2/c1-3-25-15-19-27(20-16-25)39-31(47)23-51-37-43-41-35(45(37)29-11-7-5-8-12-29)33(49)34(50)36-42-44-38(46(36)30-13-9-6-10-14-30)52-24-32(48)40-28-21-17-26(4-2)18-22-28/h5-22,33-34,49-50H,3-4,23-24H2,1-2H3,(H,39,47)(H,40,48)/t33-,34-/m0/s1. The number of para-hydroxylation sites is 2. The number of hydrogen-bond donors (Lipinski definition) is 4. The van der Waals surface area contributed by atoms with Gasteiger partial charge < -0.3 is 20.8 Å². The highest BCUT2D eigenvalue weighted by Gasteiger charge is 2.33. The second-order valence-electron chi connectivity index (χ2n) is 11.7. The van der Waals surface area contributed by atoms with Gasteiger partial charge in [-0.15, -0.1) is 20.4 Å². The molecule has 0 unspecified atom stereocenters. The maximum atomic E-state index is 12.9. The van der Waals surface area contributed by atoms with Crippen LogP contribution in [0, 0.1) is 0 Å². The predicted molar refractivity (Wildman–Crippen MR) is 203 cm³/mol. The summed E-state index contributed by atoms with van der Waals surface area (Å²) in [5, 5.41) is 47.0. The summed E-state index contributed by atoms with van der Waals surface area (Å²) in [5.74, 6) is -0.324. The van der Waals surface area contributed by atoms with Crippen molar-refractivity contribution in [2.45, 2.75) is 49.2 Å². The van der Waals surface area contributed by atoms with Gasteiger partial charge in [-0.05, 0) is 72.5 Å². The summed E-state index contributed by atoms with van der Waals surface area (Å²) in [6, 6.07) is 33.6. The summed E-state index contributed by atoms with van der Waals surface area (Å²) < 4.78 is 3.22. The molecule has 2 amide bonds. The molecule has 0 spiro atoms. The Morgan fingerprint density at radius 1 is 0.577 bits per heavy atom. The van der Waals surface area contributed by atoms with Crippen molar-refractivity contribution in [2.75, 3.05) is 22.1 Å². The lowest BCUT2D eigenvalue weighted by atomic mass is 10.1. The van der Waals surface area contributed by atoms with Crippen LogP contribution in [0.25, 0.3) is 11.4 Å². The van der Waals surface area contributed by atoms with Crippen molar-refractivity contribution in [3.05, 3.63) is 132 Å².